The molecule has 1 amide bonds. The second kappa shape index (κ2) is 7.09. The van der Waals surface area contributed by atoms with Crippen LogP contribution >= 0.6 is 0 Å². The van der Waals surface area contributed by atoms with Crippen molar-refractivity contribution in [2.24, 2.45) is 0 Å². The van der Waals surface area contributed by atoms with Gasteiger partial charge in [-0.1, -0.05) is 18.2 Å². The second-order valence-corrected chi connectivity index (χ2v) is 6.49. The van der Waals surface area contributed by atoms with E-state index in [4.69, 9.17) is 4.74 Å². The van der Waals surface area contributed by atoms with Crippen molar-refractivity contribution in [3.63, 3.8) is 0 Å². The summed E-state index contributed by atoms with van der Waals surface area (Å²) in [5.41, 5.74) is 0.454. The molecule has 6 nitrogen and oxygen atoms in total. The summed E-state index contributed by atoms with van der Waals surface area (Å²) in [6.07, 6.45) is 3.05. The highest BCUT2D eigenvalue weighted by molar-refractivity contribution is 5.95. The molecule has 25 heavy (non-hydrogen) atoms. The van der Waals surface area contributed by atoms with E-state index in [1.54, 1.807) is 12.1 Å². The first-order valence-corrected chi connectivity index (χ1v) is 8.59. The molecule has 1 fully saturated rings. The third-order valence-corrected chi connectivity index (χ3v) is 4.75. The maximum atomic E-state index is 13.2. The first-order valence-electron chi connectivity index (χ1n) is 8.59. The lowest BCUT2D eigenvalue weighted by atomic mass is 9.97. The molecule has 3 rings (SSSR count). The topological polar surface area (TPSA) is 64.4 Å². The molecule has 1 aliphatic rings. The summed E-state index contributed by atoms with van der Waals surface area (Å²) >= 11 is 0. The van der Waals surface area contributed by atoms with Crippen LogP contribution < -0.4 is 10.3 Å². The maximum absolute atomic E-state index is 13.2. The summed E-state index contributed by atoms with van der Waals surface area (Å²) in [4.78, 5) is 27.4. The van der Waals surface area contributed by atoms with Gasteiger partial charge < -0.3 is 9.64 Å². The number of para-hydroxylation sites is 1. The molecule has 0 aliphatic carbocycles. The molecule has 0 radical (unpaired) electrons. The number of hydrogen-bond acceptors (Lipinski definition) is 4. The molecule has 1 aromatic carbocycles. The van der Waals surface area contributed by atoms with Gasteiger partial charge in [0.15, 0.2) is 11.4 Å². The summed E-state index contributed by atoms with van der Waals surface area (Å²) in [5.74, 6) is 0.0217. The molecule has 132 valence electrons. The van der Waals surface area contributed by atoms with E-state index in [1.165, 1.54) is 17.9 Å². The highest BCUT2D eigenvalue weighted by Crippen LogP contribution is 2.26. The number of amides is 1. The van der Waals surface area contributed by atoms with Crippen molar-refractivity contribution in [1.29, 1.82) is 0 Å². The maximum Gasteiger partial charge on any atom is 0.278 e. The van der Waals surface area contributed by atoms with Gasteiger partial charge in [-0.2, -0.15) is 9.78 Å². The lowest BCUT2D eigenvalue weighted by molar-refractivity contribution is 0.0499. The van der Waals surface area contributed by atoms with Crippen molar-refractivity contribution in [1.82, 2.24) is 14.7 Å². The molecule has 2 aromatic rings. The van der Waals surface area contributed by atoms with Gasteiger partial charge in [-0.3, -0.25) is 9.59 Å². The Bertz CT molecular complexity index is 806. The molecule has 1 saturated heterocycles. The fourth-order valence-corrected chi connectivity index (χ4v) is 3.44. The van der Waals surface area contributed by atoms with Crippen LogP contribution in [0.15, 0.2) is 41.2 Å². The monoisotopic (exact) mass is 341 g/mol. The Balaban J connectivity index is 2.08. The number of aromatic nitrogens is 2. The third-order valence-electron chi connectivity index (χ3n) is 4.75. The third kappa shape index (κ3) is 3.29. The van der Waals surface area contributed by atoms with Crippen LogP contribution in [0, 0.1) is 0 Å². The van der Waals surface area contributed by atoms with Crippen LogP contribution in [0.1, 0.15) is 43.6 Å². The van der Waals surface area contributed by atoms with Crippen LogP contribution in [0.4, 0.5) is 0 Å². The minimum absolute atomic E-state index is 0.139. The number of ether oxygens (including phenoxy) is 1. The fraction of sp³-hybridized carbons (Fsp3) is 0.421. The van der Waals surface area contributed by atoms with E-state index in [9.17, 15) is 9.59 Å². The molecular weight excluding hydrogens is 318 g/mol. The van der Waals surface area contributed by atoms with Crippen molar-refractivity contribution in [2.75, 3.05) is 7.11 Å². The number of methoxy groups -OCH3 is 1. The van der Waals surface area contributed by atoms with E-state index < -0.39 is 0 Å². The van der Waals surface area contributed by atoms with E-state index in [2.05, 4.69) is 5.10 Å². The Morgan fingerprint density at radius 2 is 1.80 bits per heavy atom. The fourth-order valence-electron chi connectivity index (χ4n) is 3.44. The van der Waals surface area contributed by atoms with E-state index >= 15 is 0 Å². The van der Waals surface area contributed by atoms with Crippen LogP contribution in [-0.4, -0.2) is 39.8 Å². The minimum Gasteiger partial charge on any atom is -0.494 e. The predicted molar refractivity (Wildman–Crippen MR) is 95.3 cm³/mol. The van der Waals surface area contributed by atoms with Crippen molar-refractivity contribution in [3.05, 3.63) is 52.4 Å². The lowest BCUT2D eigenvalue weighted by Gasteiger charge is -2.38. The molecule has 2 heterocycles. The van der Waals surface area contributed by atoms with Gasteiger partial charge in [0.2, 0.25) is 0 Å². The van der Waals surface area contributed by atoms with Crippen LogP contribution in [-0.2, 0) is 0 Å². The van der Waals surface area contributed by atoms with Gasteiger partial charge in [-0.15, -0.1) is 0 Å². The average Bonchev–Trinajstić information content (AvgIpc) is 2.61. The van der Waals surface area contributed by atoms with E-state index in [0.29, 0.717) is 5.69 Å². The van der Waals surface area contributed by atoms with Crippen LogP contribution in [0.5, 0.6) is 5.75 Å². The standard InChI is InChI=1S/C19H23N3O3/c1-13-8-7-9-14(2)21(13)19(24)18-16(25-3)12-17(23)22(20-18)15-10-5-4-6-11-15/h4-6,10-14H,7-9H2,1-3H3/t13-,14+. The Kier molecular flexibility index (Phi) is 4.88. The second-order valence-electron chi connectivity index (χ2n) is 6.49. The normalized spacial score (nSPS) is 20.4. The summed E-state index contributed by atoms with van der Waals surface area (Å²) in [6.45, 7) is 4.10. The Hall–Kier alpha value is -2.63. The van der Waals surface area contributed by atoms with Crippen LogP contribution in [0.25, 0.3) is 5.69 Å². The van der Waals surface area contributed by atoms with E-state index in [1.807, 2.05) is 36.9 Å². The molecule has 6 heteroatoms. The number of hydrogen-bond donors (Lipinski definition) is 0. The predicted octanol–water partition coefficient (Wildman–Crippen LogP) is 2.64. The molecular formula is C19H23N3O3. The van der Waals surface area contributed by atoms with Crippen molar-refractivity contribution >= 4 is 5.91 Å². The molecule has 1 aromatic heterocycles. The number of piperidine rings is 1. The summed E-state index contributed by atoms with van der Waals surface area (Å²) < 4.78 is 6.52. The van der Waals surface area contributed by atoms with Gasteiger partial charge in [0, 0.05) is 12.1 Å². The van der Waals surface area contributed by atoms with Crippen molar-refractivity contribution < 1.29 is 9.53 Å². The summed E-state index contributed by atoms with van der Waals surface area (Å²) in [5, 5.41) is 4.35. The average molecular weight is 341 g/mol. The van der Waals surface area contributed by atoms with Gasteiger partial charge in [-0.25, -0.2) is 0 Å². The number of carbonyl (C=O) groups excluding carboxylic acids is 1. The number of rotatable bonds is 3. The van der Waals surface area contributed by atoms with Crippen molar-refractivity contribution in [3.8, 4) is 11.4 Å². The smallest absolute Gasteiger partial charge is 0.278 e. The van der Waals surface area contributed by atoms with Crippen LogP contribution in [0.3, 0.4) is 0 Å². The van der Waals surface area contributed by atoms with Gasteiger partial charge >= 0.3 is 0 Å². The SMILES string of the molecule is COc1cc(=O)n(-c2ccccc2)nc1C(=O)N1[C@H](C)CCC[C@@H]1C. The van der Waals surface area contributed by atoms with Crippen molar-refractivity contribution in [2.45, 2.75) is 45.2 Å². The number of nitrogens with zero attached hydrogens (tertiary/aromatic N) is 3. The Labute approximate surface area is 147 Å². The minimum atomic E-state index is -0.334. The van der Waals surface area contributed by atoms with Gasteiger partial charge in [0.25, 0.3) is 11.5 Å². The zero-order chi connectivity index (χ0) is 18.0. The number of likely N-dealkylation sites (tertiary alicyclic amines) is 1. The molecule has 0 spiro atoms. The quantitative estimate of drug-likeness (QED) is 0.861. The largest absolute Gasteiger partial charge is 0.494 e. The molecule has 1 aliphatic heterocycles. The zero-order valence-corrected chi connectivity index (χ0v) is 14.8. The number of carbonyl (C=O) groups is 1. The number of benzene rings is 1. The molecule has 0 saturated carbocycles. The Morgan fingerprint density at radius 1 is 1.16 bits per heavy atom. The Morgan fingerprint density at radius 3 is 2.40 bits per heavy atom. The molecule has 0 unspecified atom stereocenters. The summed E-state index contributed by atoms with van der Waals surface area (Å²) in [7, 11) is 1.45. The van der Waals surface area contributed by atoms with Gasteiger partial charge in [0.05, 0.1) is 18.9 Å². The molecule has 0 bridgehead atoms. The van der Waals surface area contributed by atoms with E-state index in [0.717, 1.165) is 19.3 Å². The first kappa shape index (κ1) is 17.2. The molecule has 2 atom stereocenters. The van der Waals surface area contributed by atoms with Gasteiger partial charge in [-0.05, 0) is 45.2 Å². The molecule has 0 N–H and O–H groups in total. The lowest BCUT2D eigenvalue weighted by Crippen LogP contribution is -2.48. The highest BCUT2D eigenvalue weighted by atomic mass is 16.5. The first-order chi connectivity index (χ1) is 12.0. The summed E-state index contributed by atoms with van der Waals surface area (Å²) in [6, 6.07) is 10.7. The van der Waals surface area contributed by atoms with Crippen LogP contribution in [0.2, 0.25) is 0 Å². The van der Waals surface area contributed by atoms with Gasteiger partial charge in [0.1, 0.15) is 0 Å². The highest BCUT2D eigenvalue weighted by Gasteiger charge is 2.32. The zero-order valence-electron chi connectivity index (χ0n) is 14.8. The van der Waals surface area contributed by atoms with E-state index in [-0.39, 0.29) is 35.0 Å².